The van der Waals surface area contributed by atoms with Crippen LogP contribution in [0.3, 0.4) is 0 Å². The molecule has 0 amide bonds. The molecule has 13 heavy (non-hydrogen) atoms. The van der Waals surface area contributed by atoms with Crippen LogP contribution in [0.4, 0.5) is 0 Å². The van der Waals surface area contributed by atoms with Gasteiger partial charge >= 0.3 is 0 Å². The fraction of sp³-hybridized carbons (Fsp3) is 0.700. The van der Waals surface area contributed by atoms with Crippen LogP contribution >= 0.6 is 0 Å². The molecular weight excluding hydrogens is 168 g/mol. The highest BCUT2D eigenvalue weighted by Gasteiger charge is 2.44. The Morgan fingerprint density at radius 3 is 2.62 bits per heavy atom. The normalized spacial score (nSPS) is 42.3. The maximum absolute atomic E-state index is 11.7. The number of carbonyl (C=O) groups is 1. The highest BCUT2D eigenvalue weighted by molar-refractivity contribution is 6.00. The maximum Gasteiger partial charge on any atom is 0.168 e. The van der Waals surface area contributed by atoms with E-state index in [0.29, 0.717) is 12.0 Å². The van der Waals surface area contributed by atoms with Crippen LogP contribution in [-0.2, 0) is 4.79 Å². The fourth-order valence-corrected chi connectivity index (χ4v) is 2.59. The third-order valence-electron chi connectivity index (χ3n) is 3.22. The van der Waals surface area contributed by atoms with E-state index in [1.807, 2.05) is 0 Å². The van der Waals surface area contributed by atoms with Crippen molar-refractivity contribution in [2.24, 2.45) is 11.8 Å². The van der Waals surface area contributed by atoms with Gasteiger partial charge in [0.2, 0.25) is 0 Å². The van der Waals surface area contributed by atoms with Gasteiger partial charge in [-0.1, -0.05) is 0 Å². The Bertz CT molecular complexity index is 276. The van der Waals surface area contributed by atoms with E-state index >= 15 is 0 Å². The molecule has 0 aromatic heterocycles. The number of allylic oxidation sites excluding steroid dienone is 2. The van der Waals surface area contributed by atoms with Gasteiger partial charge in [0, 0.05) is 11.5 Å². The third kappa shape index (κ3) is 1.18. The summed E-state index contributed by atoms with van der Waals surface area (Å²) in [6.07, 6.45) is 1.88. The lowest BCUT2D eigenvalue weighted by Crippen LogP contribution is -2.44. The summed E-state index contributed by atoms with van der Waals surface area (Å²) in [6.45, 7) is 1.56. The standard InChI is InChI=1S/C10H14O3/c1-5(11)9-6-2-3-7(10(9)13)8(12)4-6/h6-8,11-12H,2-4H2,1H3/b9-5-/t6-,7+,8-/m0/s1. The van der Waals surface area contributed by atoms with Crippen molar-refractivity contribution in [3.05, 3.63) is 11.3 Å². The van der Waals surface area contributed by atoms with E-state index in [2.05, 4.69) is 0 Å². The summed E-state index contributed by atoms with van der Waals surface area (Å²) in [5, 5.41) is 18.9. The Hall–Kier alpha value is -0.830. The molecule has 3 atom stereocenters. The monoisotopic (exact) mass is 182 g/mol. The molecule has 0 radical (unpaired) electrons. The molecule has 2 N–H and O–H groups in total. The van der Waals surface area contributed by atoms with Gasteiger partial charge in [-0.2, -0.15) is 0 Å². The quantitative estimate of drug-likeness (QED) is 0.437. The third-order valence-corrected chi connectivity index (χ3v) is 3.22. The van der Waals surface area contributed by atoms with E-state index in [-0.39, 0.29) is 23.4 Å². The molecule has 3 rings (SSSR count). The summed E-state index contributed by atoms with van der Waals surface area (Å²) in [5.74, 6) is -0.0406. The van der Waals surface area contributed by atoms with Gasteiger partial charge in [-0.05, 0) is 32.1 Å². The Morgan fingerprint density at radius 2 is 2.15 bits per heavy atom. The molecule has 0 aromatic carbocycles. The van der Waals surface area contributed by atoms with E-state index in [0.717, 1.165) is 12.8 Å². The number of Topliss-reactive ketones (excluding diaryl/α,β-unsaturated/α-hetero) is 1. The number of hydrogen-bond acceptors (Lipinski definition) is 3. The van der Waals surface area contributed by atoms with E-state index in [1.54, 1.807) is 6.92 Å². The zero-order valence-electron chi connectivity index (χ0n) is 7.66. The van der Waals surface area contributed by atoms with Crippen LogP contribution in [0, 0.1) is 11.8 Å². The maximum atomic E-state index is 11.7. The molecule has 0 heterocycles. The molecule has 3 nitrogen and oxygen atoms in total. The zero-order valence-corrected chi connectivity index (χ0v) is 7.66. The number of aliphatic hydroxyl groups excluding tert-OH is 2. The number of ketones is 1. The lowest BCUT2D eigenvalue weighted by molar-refractivity contribution is -0.129. The molecule has 3 aliphatic carbocycles. The minimum absolute atomic E-state index is 0.0324. The second kappa shape index (κ2) is 2.84. The van der Waals surface area contributed by atoms with E-state index < -0.39 is 6.10 Å². The summed E-state index contributed by atoms with van der Waals surface area (Å²) < 4.78 is 0. The van der Waals surface area contributed by atoms with Gasteiger partial charge in [0.15, 0.2) is 5.78 Å². The molecule has 0 aromatic rings. The molecule has 2 bridgehead atoms. The van der Waals surface area contributed by atoms with E-state index in [9.17, 15) is 15.0 Å². The van der Waals surface area contributed by atoms with E-state index in [4.69, 9.17) is 0 Å². The molecule has 0 spiro atoms. The highest BCUT2D eigenvalue weighted by Crippen LogP contribution is 2.43. The number of hydrogen-bond donors (Lipinski definition) is 2. The van der Waals surface area contributed by atoms with Crippen LogP contribution in [0.15, 0.2) is 11.3 Å². The number of rotatable bonds is 0. The van der Waals surface area contributed by atoms with Crippen molar-refractivity contribution in [3.8, 4) is 0 Å². The Morgan fingerprint density at radius 1 is 1.46 bits per heavy atom. The van der Waals surface area contributed by atoms with Crippen molar-refractivity contribution < 1.29 is 15.0 Å². The molecule has 3 saturated carbocycles. The van der Waals surface area contributed by atoms with Gasteiger partial charge < -0.3 is 10.2 Å². The first-order valence-electron chi connectivity index (χ1n) is 4.73. The Balaban J connectivity index is 2.37. The minimum atomic E-state index is -0.477. The molecule has 3 fully saturated rings. The fourth-order valence-electron chi connectivity index (χ4n) is 2.59. The SMILES string of the molecule is C/C(O)=C1/C(=O)[C@@H]2CC[C@H]1C[C@@H]2O. The predicted molar refractivity (Wildman–Crippen MR) is 47.2 cm³/mol. The van der Waals surface area contributed by atoms with Crippen molar-refractivity contribution in [2.75, 3.05) is 0 Å². The van der Waals surface area contributed by atoms with Crippen molar-refractivity contribution in [3.63, 3.8) is 0 Å². The van der Waals surface area contributed by atoms with Crippen LogP contribution in [0.1, 0.15) is 26.2 Å². The summed E-state index contributed by atoms with van der Waals surface area (Å²) in [7, 11) is 0. The summed E-state index contributed by atoms with van der Waals surface area (Å²) in [6, 6.07) is 0. The van der Waals surface area contributed by atoms with Crippen molar-refractivity contribution in [1.29, 1.82) is 0 Å². The number of aliphatic hydroxyl groups is 2. The number of fused-ring (bicyclic) bond motifs is 3. The van der Waals surface area contributed by atoms with Crippen LogP contribution in [-0.4, -0.2) is 22.1 Å². The Kier molecular flexibility index (Phi) is 1.91. The van der Waals surface area contributed by atoms with Gasteiger partial charge in [-0.15, -0.1) is 0 Å². The molecule has 72 valence electrons. The lowest BCUT2D eigenvalue weighted by atomic mass is 9.65. The number of carbonyl (C=O) groups excluding carboxylic acids is 1. The molecule has 0 saturated heterocycles. The molecular formula is C10H14O3. The van der Waals surface area contributed by atoms with Crippen molar-refractivity contribution >= 4 is 5.78 Å². The van der Waals surface area contributed by atoms with Gasteiger partial charge in [-0.3, -0.25) is 4.79 Å². The van der Waals surface area contributed by atoms with Crippen molar-refractivity contribution in [2.45, 2.75) is 32.3 Å². The lowest BCUT2D eigenvalue weighted by Gasteiger charge is -2.40. The highest BCUT2D eigenvalue weighted by atomic mass is 16.3. The zero-order chi connectivity index (χ0) is 9.59. The minimum Gasteiger partial charge on any atom is -0.512 e. The molecule has 3 aliphatic rings. The van der Waals surface area contributed by atoms with Gasteiger partial charge in [0.05, 0.1) is 11.9 Å². The van der Waals surface area contributed by atoms with Crippen LogP contribution in [0.5, 0.6) is 0 Å². The summed E-state index contributed by atoms with van der Waals surface area (Å²) in [5.41, 5.74) is 0.571. The van der Waals surface area contributed by atoms with Crippen LogP contribution in [0.2, 0.25) is 0 Å². The largest absolute Gasteiger partial charge is 0.512 e. The molecule has 3 heteroatoms. The second-order valence-corrected chi connectivity index (χ2v) is 4.05. The van der Waals surface area contributed by atoms with Gasteiger partial charge in [0.1, 0.15) is 0 Å². The summed E-state index contributed by atoms with van der Waals surface area (Å²) >= 11 is 0. The average molecular weight is 182 g/mol. The second-order valence-electron chi connectivity index (χ2n) is 4.05. The summed E-state index contributed by atoms with van der Waals surface area (Å²) in [4.78, 5) is 11.7. The molecule has 0 aliphatic heterocycles. The predicted octanol–water partition coefficient (Wildman–Crippen LogP) is 1.18. The van der Waals surface area contributed by atoms with Crippen LogP contribution in [0.25, 0.3) is 0 Å². The first-order valence-corrected chi connectivity index (χ1v) is 4.73. The van der Waals surface area contributed by atoms with Gasteiger partial charge in [-0.25, -0.2) is 0 Å². The smallest absolute Gasteiger partial charge is 0.168 e. The van der Waals surface area contributed by atoms with Crippen molar-refractivity contribution in [1.82, 2.24) is 0 Å². The van der Waals surface area contributed by atoms with Crippen LogP contribution < -0.4 is 0 Å². The Labute approximate surface area is 77.1 Å². The van der Waals surface area contributed by atoms with Gasteiger partial charge in [0.25, 0.3) is 0 Å². The first kappa shape index (κ1) is 8.75. The van der Waals surface area contributed by atoms with E-state index in [1.165, 1.54) is 0 Å². The molecule has 0 unspecified atom stereocenters. The first-order chi connectivity index (χ1) is 6.11. The topological polar surface area (TPSA) is 57.5 Å². The average Bonchev–Trinajstić information content (AvgIpc) is 2.03.